The molecule has 1 aromatic carbocycles. The molecule has 0 heterocycles. The van der Waals surface area contributed by atoms with Crippen molar-refractivity contribution in [2.75, 3.05) is 20.8 Å². The van der Waals surface area contributed by atoms with Crippen molar-refractivity contribution in [3.05, 3.63) is 27.8 Å². The van der Waals surface area contributed by atoms with E-state index in [1.54, 1.807) is 0 Å². The summed E-state index contributed by atoms with van der Waals surface area (Å²) in [6.07, 6.45) is 0. The van der Waals surface area contributed by atoms with Crippen LogP contribution in [0.15, 0.2) is 12.1 Å². The van der Waals surface area contributed by atoms with Crippen molar-refractivity contribution < 1.29 is 23.9 Å². The fourth-order valence-electron chi connectivity index (χ4n) is 1.39. The fourth-order valence-corrected chi connectivity index (χ4v) is 1.39. The third kappa shape index (κ3) is 3.55. The zero-order valence-corrected chi connectivity index (χ0v) is 10.5. The summed E-state index contributed by atoms with van der Waals surface area (Å²) in [6.45, 7) is -0.379. The fraction of sp³-hybridized carbons (Fsp3) is 0.364. The number of nitro groups is 1. The molecule has 8 nitrogen and oxygen atoms in total. The summed E-state index contributed by atoms with van der Waals surface area (Å²) in [5, 5.41) is 10.9. The van der Waals surface area contributed by atoms with Gasteiger partial charge in [-0.2, -0.15) is 0 Å². The van der Waals surface area contributed by atoms with Gasteiger partial charge in [0.15, 0.2) is 18.1 Å². The van der Waals surface area contributed by atoms with Crippen LogP contribution in [0.25, 0.3) is 0 Å². The van der Waals surface area contributed by atoms with Crippen molar-refractivity contribution in [2.24, 2.45) is 5.73 Å². The lowest BCUT2D eigenvalue weighted by Gasteiger charge is -2.11. The van der Waals surface area contributed by atoms with Gasteiger partial charge in [-0.15, -0.1) is 0 Å². The van der Waals surface area contributed by atoms with Crippen LogP contribution in [-0.2, 0) is 16.1 Å². The molecule has 2 N–H and O–H groups in total. The maximum atomic E-state index is 11.0. The first-order valence-corrected chi connectivity index (χ1v) is 5.28. The molecule has 0 aromatic heterocycles. The second kappa shape index (κ2) is 6.55. The molecule has 19 heavy (non-hydrogen) atoms. The highest BCUT2D eigenvalue weighted by molar-refractivity contribution is 5.71. The van der Waals surface area contributed by atoms with Gasteiger partial charge in [0, 0.05) is 12.1 Å². The minimum atomic E-state index is -0.604. The van der Waals surface area contributed by atoms with E-state index in [4.69, 9.17) is 15.2 Å². The molecule has 0 aliphatic rings. The molecule has 0 aliphatic carbocycles. The molecular weight excluding hydrogens is 256 g/mol. The van der Waals surface area contributed by atoms with Crippen LogP contribution in [-0.4, -0.2) is 31.7 Å². The molecule has 0 amide bonds. The standard InChI is InChI=1S/C11H14N2O6/c1-17-9-3-7(5-12)8(13(15)16)4-10(9)19-6-11(14)18-2/h3-4H,5-6,12H2,1-2H3. The van der Waals surface area contributed by atoms with E-state index in [1.165, 1.54) is 26.4 Å². The Bertz CT molecular complexity index is 488. The van der Waals surface area contributed by atoms with Crippen LogP contribution in [0.3, 0.4) is 0 Å². The van der Waals surface area contributed by atoms with Crippen molar-refractivity contribution in [1.82, 2.24) is 0 Å². The number of hydrogen-bond acceptors (Lipinski definition) is 7. The van der Waals surface area contributed by atoms with Gasteiger partial charge in [-0.05, 0) is 6.07 Å². The Labute approximate surface area is 109 Å². The van der Waals surface area contributed by atoms with Crippen molar-refractivity contribution in [1.29, 1.82) is 0 Å². The highest BCUT2D eigenvalue weighted by atomic mass is 16.6. The predicted molar refractivity (Wildman–Crippen MR) is 65.1 cm³/mol. The summed E-state index contributed by atoms with van der Waals surface area (Å²) in [7, 11) is 2.59. The minimum Gasteiger partial charge on any atom is -0.493 e. The van der Waals surface area contributed by atoms with Gasteiger partial charge in [0.25, 0.3) is 5.69 Å². The summed E-state index contributed by atoms with van der Waals surface area (Å²) < 4.78 is 14.6. The molecule has 0 radical (unpaired) electrons. The van der Waals surface area contributed by atoms with Crippen LogP contribution in [0.4, 0.5) is 5.69 Å². The lowest BCUT2D eigenvalue weighted by atomic mass is 10.1. The summed E-state index contributed by atoms with van der Waals surface area (Å²) in [4.78, 5) is 21.3. The molecule has 0 aliphatic heterocycles. The van der Waals surface area contributed by atoms with E-state index in [0.717, 1.165) is 0 Å². The molecule has 0 fully saturated rings. The molecule has 0 atom stereocenters. The van der Waals surface area contributed by atoms with E-state index in [0.29, 0.717) is 5.56 Å². The number of rotatable bonds is 6. The van der Waals surface area contributed by atoms with Crippen LogP contribution >= 0.6 is 0 Å². The van der Waals surface area contributed by atoms with Gasteiger partial charge < -0.3 is 19.9 Å². The van der Waals surface area contributed by atoms with Crippen LogP contribution in [0.1, 0.15) is 5.56 Å². The Morgan fingerprint density at radius 1 is 1.37 bits per heavy atom. The van der Waals surface area contributed by atoms with E-state index < -0.39 is 10.9 Å². The Hall–Kier alpha value is -2.35. The summed E-state index contributed by atoms with van der Waals surface area (Å²) >= 11 is 0. The molecule has 104 valence electrons. The number of esters is 1. The van der Waals surface area contributed by atoms with Crippen LogP contribution in [0.5, 0.6) is 11.5 Å². The minimum absolute atomic E-state index is 0.00997. The predicted octanol–water partition coefficient (Wildman–Crippen LogP) is 0.614. The number of carbonyl (C=O) groups is 1. The zero-order chi connectivity index (χ0) is 14.4. The molecule has 0 spiro atoms. The number of nitrogens with zero attached hydrogens (tertiary/aromatic N) is 1. The van der Waals surface area contributed by atoms with E-state index >= 15 is 0 Å². The van der Waals surface area contributed by atoms with Crippen molar-refractivity contribution in [3.8, 4) is 11.5 Å². The topological polar surface area (TPSA) is 114 Å². The molecule has 1 rings (SSSR count). The van der Waals surface area contributed by atoms with Gasteiger partial charge in [-0.25, -0.2) is 4.79 Å². The number of ether oxygens (including phenoxy) is 3. The lowest BCUT2D eigenvalue weighted by Crippen LogP contribution is -2.13. The van der Waals surface area contributed by atoms with Gasteiger partial charge in [0.1, 0.15) is 0 Å². The van der Waals surface area contributed by atoms with Crippen LogP contribution < -0.4 is 15.2 Å². The SMILES string of the molecule is COC(=O)COc1cc([N+](=O)[O-])c(CN)cc1OC. The first-order chi connectivity index (χ1) is 9.03. The normalized spacial score (nSPS) is 9.84. The number of benzene rings is 1. The van der Waals surface area contributed by atoms with Crippen LogP contribution in [0, 0.1) is 10.1 Å². The second-order valence-electron chi connectivity index (χ2n) is 3.46. The molecule has 8 heteroatoms. The highest BCUT2D eigenvalue weighted by Crippen LogP contribution is 2.34. The Morgan fingerprint density at radius 3 is 2.53 bits per heavy atom. The quantitative estimate of drug-likeness (QED) is 0.457. The first-order valence-electron chi connectivity index (χ1n) is 5.28. The van der Waals surface area contributed by atoms with Gasteiger partial charge in [0.2, 0.25) is 0 Å². The van der Waals surface area contributed by atoms with Gasteiger partial charge in [0.05, 0.1) is 25.2 Å². The van der Waals surface area contributed by atoms with Gasteiger partial charge in [-0.1, -0.05) is 0 Å². The number of nitro benzene ring substituents is 1. The summed E-state index contributed by atoms with van der Waals surface area (Å²) in [5.41, 5.74) is 5.55. The third-order valence-corrected chi connectivity index (χ3v) is 2.35. The molecule has 0 bridgehead atoms. The van der Waals surface area contributed by atoms with E-state index in [-0.39, 0.29) is 30.3 Å². The second-order valence-corrected chi connectivity index (χ2v) is 3.46. The van der Waals surface area contributed by atoms with E-state index in [2.05, 4.69) is 4.74 Å². The number of nitrogens with two attached hydrogens (primary N) is 1. The number of hydrogen-bond donors (Lipinski definition) is 1. The Kier molecular flexibility index (Phi) is 5.07. The molecule has 0 unspecified atom stereocenters. The van der Waals surface area contributed by atoms with Gasteiger partial charge >= 0.3 is 5.97 Å². The number of carbonyl (C=O) groups excluding carboxylic acids is 1. The molecular formula is C11H14N2O6. The Morgan fingerprint density at radius 2 is 2.05 bits per heavy atom. The molecule has 0 saturated carbocycles. The third-order valence-electron chi connectivity index (χ3n) is 2.35. The van der Waals surface area contributed by atoms with Crippen molar-refractivity contribution in [3.63, 3.8) is 0 Å². The van der Waals surface area contributed by atoms with Crippen molar-refractivity contribution in [2.45, 2.75) is 6.54 Å². The van der Waals surface area contributed by atoms with Crippen molar-refractivity contribution >= 4 is 11.7 Å². The van der Waals surface area contributed by atoms with E-state index in [1.807, 2.05) is 0 Å². The molecule has 0 saturated heterocycles. The Balaban J connectivity index is 3.11. The highest BCUT2D eigenvalue weighted by Gasteiger charge is 2.19. The largest absolute Gasteiger partial charge is 0.493 e. The maximum Gasteiger partial charge on any atom is 0.343 e. The smallest absolute Gasteiger partial charge is 0.343 e. The van der Waals surface area contributed by atoms with Gasteiger partial charge in [-0.3, -0.25) is 10.1 Å². The number of methoxy groups -OCH3 is 2. The average molecular weight is 270 g/mol. The lowest BCUT2D eigenvalue weighted by molar-refractivity contribution is -0.385. The first kappa shape index (κ1) is 14.7. The van der Waals surface area contributed by atoms with Crippen LogP contribution in [0.2, 0.25) is 0 Å². The molecule has 1 aromatic rings. The summed E-state index contributed by atoms with van der Waals surface area (Å²) in [6, 6.07) is 2.58. The summed E-state index contributed by atoms with van der Waals surface area (Å²) in [5.74, 6) is -0.264. The maximum absolute atomic E-state index is 11.0. The monoisotopic (exact) mass is 270 g/mol. The average Bonchev–Trinajstić information content (AvgIpc) is 2.43. The van der Waals surface area contributed by atoms with E-state index in [9.17, 15) is 14.9 Å². The zero-order valence-electron chi connectivity index (χ0n) is 10.5.